The van der Waals surface area contributed by atoms with Gasteiger partial charge in [0.05, 0.1) is 4.90 Å². The Morgan fingerprint density at radius 1 is 1.14 bits per heavy atom. The first-order chi connectivity index (χ1) is 10.5. The monoisotopic (exact) mass is 319 g/mol. The minimum Gasteiger partial charge on any atom is -0.385 e. The van der Waals surface area contributed by atoms with E-state index < -0.39 is 15.9 Å². The smallest absolute Gasteiger partial charge is 0.264 e. The lowest BCUT2D eigenvalue weighted by atomic mass is 10.2. The van der Waals surface area contributed by atoms with E-state index in [1.54, 1.807) is 18.3 Å². The van der Waals surface area contributed by atoms with Crippen LogP contribution in [0.25, 0.3) is 0 Å². The average Bonchev–Trinajstić information content (AvgIpc) is 2.47. The topological polar surface area (TPSA) is 88.2 Å². The summed E-state index contributed by atoms with van der Waals surface area (Å²) in [5.41, 5.74) is 1.79. The van der Waals surface area contributed by atoms with Crippen molar-refractivity contribution in [3.63, 3.8) is 0 Å². The number of carbonyl (C=O) groups excluding carboxylic acids is 1. The van der Waals surface area contributed by atoms with Gasteiger partial charge in [0.25, 0.3) is 10.0 Å². The van der Waals surface area contributed by atoms with Crippen molar-refractivity contribution in [3.05, 3.63) is 54.4 Å². The summed E-state index contributed by atoms with van der Waals surface area (Å²) in [6.45, 7) is 1.85. The zero-order valence-corrected chi connectivity index (χ0v) is 12.9. The summed E-state index contributed by atoms with van der Waals surface area (Å²) in [6.07, 6.45) is 2.52. The number of hydrogen-bond acceptors (Lipinski definition) is 5. The molecular weight excluding hydrogens is 302 g/mol. The molecule has 2 rings (SSSR count). The molecule has 0 aliphatic heterocycles. The van der Waals surface area contributed by atoms with E-state index in [-0.39, 0.29) is 4.90 Å². The van der Waals surface area contributed by atoms with Gasteiger partial charge in [-0.25, -0.2) is 13.1 Å². The summed E-state index contributed by atoms with van der Waals surface area (Å²) in [6, 6.07) is 12.0. The molecule has 1 amide bonds. The number of pyridine rings is 1. The number of nitrogens with one attached hydrogen (secondary N) is 2. The average molecular weight is 319 g/mol. The van der Waals surface area contributed by atoms with Crippen LogP contribution >= 0.6 is 0 Å². The summed E-state index contributed by atoms with van der Waals surface area (Å²) in [4.78, 5) is 15.1. The van der Waals surface area contributed by atoms with Gasteiger partial charge in [0.15, 0.2) is 0 Å². The molecule has 7 heteroatoms. The van der Waals surface area contributed by atoms with Crippen LogP contribution in [0, 0.1) is 0 Å². The number of carbonyl (C=O) groups is 1. The van der Waals surface area contributed by atoms with Crippen LogP contribution in [0.4, 0.5) is 5.69 Å². The Morgan fingerprint density at radius 2 is 1.86 bits per heavy atom. The van der Waals surface area contributed by atoms with Gasteiger partial charge in [-0.3, -0.25) is 9.78 Å². The number of rotatable bonds is 6. The van der Waals surface area contributed by atoms with Gasteiger partial charge in [-0.15, -0.1) is 0 Å². The van der Waals surface area contributed by atoms with Gasteiger partial charge in [-0.2, -0.15) is 0 Å². The highest BCUT2D eigenvalue weighted by Crippen LogP contribution is 2.14. The molecular formula is C15H17N3O3S. The number of nitrogens with zero attached hydrogens (tertiary/aromatic N) is 1. The van der Waals surface area contributed by atoms with Crippen LogP contribution in [-0.2, 0) is 21.2 Å². The van der Waals surface area contributed by atoms with Crippen molar-refractivity contribution in [3.8, 4) is 0 Å². The van der Waals surface area contributed by atoms with Gasteiger partial charge in [0, 0.05) is 37.5 Å². The maximum absolute atomic E-state index is 11.8. The molecule has 22 heavy (non-hydrogen) atoms. The summed E-state index contributed by atoms with van der Waals surface area (Å²) in [7, 11) is -3.78. The molecule has 0 unspecified atom stereocenters. The van der Waals surface area contributed by atoms with Crippen molar-refractivity contribution in [2.45, 2.75) is 18.2 Å². The number of sulfonamides is 1. The molecule has 2 N–H and O–H groups in total. The number of aromatic nitrogens is 1. The Morgan fingerprint density at radius 3 is 2.45 bits per heavy atom. The first kappa shape index (κ1) is 16.0. The van der Waals surface area contributed by atoms with E-state index in [0.717, 1.165) is 24.7 Å². The summed E-state index contributed by atoms with van der Waals surface area (Å²) in [5.74, 6) is -0.613. The largest absolute Gasteiger partial charge is 0.385 e. The molecule has 0 radical (unpaired) electrons. The van der Waals surface area contributed by atoms with E-state index in [9.17, 15) is 13.2 Å². The van der Waals surface area contributed by atoms with Crippen LogP contribution < -0.4 is 10.0 Å². The minimum atomic E-state index is -3.78. The second-order valence-electron chi connectivity index (χ2n) is 4.68. The van der Waals surface area contributed by atoms with Crippen molar-refractivity contribution >= 4 is 21.6 Å². The predicted molar refractivity (Wildman–Crippen MR) is 83.9 cm³/mol. The number of hydrogen-bond donors (Lipinski definition) is 2. The van der Waals surface area contributed by atoms with Crippen LogP contribution in [0.3, 0.4) is 0 Å². The third-order valence-electron chi connectivity index (χ3n) is 2.88. The van der Waals surface area contributed by atoms with Crippen LogP contribution in [0.5, 0.6) is 0 Å². The predicted octanol–water partition coefficient (Wildman–Crippen LogP) is 1.56. The van der Waals surface area contributed by atoms with E-state index in [0.29, 0.717) is 6.54 Å². The van der Waals surface area contributed by atoms with E-state index in [4.69, 9.17) is 0 Å². The van der Waals surface area contributed by atoms with Gasteiger partial charge in [-0.05, 0) is 36.4 Å². The Bertz CT molecular complexity index is 728. The molecule has 116 valence electrons. The fourth-order valence-electron chi connectivity index (χ4n) is 1.88. The lowest BCUT2D eigenvalue weighted by Gasteiger charge is -2.08. The van der Waals surface area contributed by atoms with Gasteiger partial charge < -0.3 is 5.32 Å². The van der Waals surface area contributed by atoms with Crippen molar-refractivity contribution in [2.24, 2.45) is 0 Å². The molecule has 0 spiro atoms. The summed E-state index contributed by atoms with van der Waals surface area (Å²) >= 11 is 0. The molecule has 1 heterocycles. The van der Waals surface area contributed by atoms with E-state index >= 15 is 0 Å². The van der Waals surface area contributed by atoms with Crippen LogP contribution in [0.15, 0.2) is 53.6 Å². The van der Waals surface area contributed by atoms with E-state index in [1.165, 1.54) is 12.1 Å². The van der Waals surface area contributed by atoms with E-state index in [1.807, 2.05) is 22.9 Å². The first-order valence-electron chi connectivity index (χ1n) is 6.74. The molecule has 0 saturated heterocycles. The van der Waals surface area contributed by atoms with Gasteiger partial charge in [0.2, 0.25) is 5.91 Å². The second kappa shape index (κ2) is 7.04. The third kappa shape index (κ3) is 4.56. The number of benzene rings is 1. The molecule has 1 aromatic heterocycles. The van der Waals surface area contributed by atoms with Crippen molar-refractivity contribution in [1.29, 1.82) is 0 Å². The summed E-state index contributed by atoms with van der Waals surface area (Å²) in [5, 5.41) is 3.19. The lowest BCUT2D eigenvalue weighted by Crippen LogP contribution is -2.28. The maximum atomic E-state index is 11.8. The van der Waals surface area contributed by atoms with Crippen molar-refractivity contribution in [2.75, 3.05) is 11.9 Å². The zero-order chi connectivity index (χ0) is 16.0. The SMILES string of the molecule is CC(=O)NS(=O)(=O)c1ccc(NCCc2ccccn2)cc1. The first-order valence-corrected chi connectivity index (χ1v) is 8.23. The van der Waals surface area contributed by atoms with Crippen LogP contribution in [0.2, 0.25) is 0 Å². The number of amides is 1. The molecule has 2 aromatic rings. The fraction of sp³-hybridized carbons (Fsp3) is 0.200. The van der Waals surface area contributed by atoms with Crippen molar-refractivity contribution < 1.29 is 13.2 Å². The molecule has 0 bridgehead atoms. The lowest BCUT2D eigenvalue weighted by molar-refractivity contribution is -0.117. The molecule has 1 aromatic carbocycles. The highest BCUT2D eigenvalue weighted by molar-refractivity contribution is 7.90. The Kier molecular flexibility index (Phi) is 5.11. The van der Waals surface area contributed by atoms with E-state index in [2.05, 4.69) is 10.3 Å². The highest BCUT2D eigenvalue weighted by atomic mass is 32.2. The van der Waals surface area contributed by atoms with Gasteiger partial charge >= 0.3 is 0 Å². The maximum Gasteiger partial charge on any atom is 0.264 e. The molecule has 0 aliphatic carbocycles. The molecule has 0 saturated carbocycles. The third-order valence-corrected chi connectivity index (χ3v) is 4.33. The zero-order valence-electron chi connectivity index (χ0n) is 12.1. The Balaban J connectivity index is 1.93. The second-order valence-corrected chi connectivity index (χ2v) is 6.37. The van der Waals surface area contributed by atoms with Crippen LogP contribution in [-0.4, -0.2) is 25.9 Å². The van der Waals surface area contributed by atoms with Gasteiger partial charge in [-0.1, -0.05) is 6.07 Å². The highest BCUT2D eigenvalue weighted by Gasteiger charge is 2.14. The Labute approximate surface area is 129 Å². The van der Waals surface area contributed by atoms with Crippen molar-refractivity contribution in [1.82, 2.24) is 9.71 Å². The molecule has 0 aliphatic rings. The minimum absolute atomic E-state index is 0.0537. The molecule has 0 fully saturated rings. The quantitative estimate of drug-likeness (QED) is 0.843. The number of anilines is 1. The standard InChI is InChI=1S/C15H17N3O3S/c1-12(19)18-22(20,21)15-7-5-14(6-8-15)17-11-9-13-4-2-3-10-16-13/h2-8,10,17H,9,11H2,1H3,(H,18,19). The van der Waals surface area contributed by atoms with Crippen LogP contribution in [0.1, 0.15) is 12.6 Å². The molecule has 0 atom stereocenters. The fourth-order valence-corrected chi connectivity index (χ4v) is 2.87. The van der Waals surface area contributed by atoms with Gasteiger partial charge in [0.1, 0.15) is 0 Å². The normalized spacial score (nSPS) is 11.0. The Hall–Kier alpha value is -2.41. The molecule has 6 nitrogen and oxygen atoms in total. The summed E-state index contributed by atoms with van der Waals surface area (Å²) < 4.78 is 25.5.